The minimum Gasteiger partial charge on any atom is -0.352 e. The molecule has 8 heteroatoms. The Bertz CT molecular complexity index is 798. The third-order valence-corrected chi connectivity index (χ3v) is 3.84. The number of halogens is 1. The Morgan fingerprint density at radius 2 is 2.08 bits per heavy atom. The molecule has 1 aliphatic rings. The van der Waals surface area contributed by atoms with Crippen LogP contribution in [-0.4, -0.2) is 27.3 Å². The van der Waals surface area contributed by atoms with E-state index in [0.717, 1.165) is 17.0 Å². The molecule has 0 radical (unpaired) electrons. The van der Waals surface area contributed by atoms with Crippen LogP contribution in [-0.2, 0) is 16.1 Å². The van der Waals surface area contributed by atoms with E-state index in [2.05, 4.69) is 20.9 Å². The van der Waals surface area contributed by atoms with Gasteiger partial charge in [0.15, 0.2) is 0 Å². The van der Waals surface area contributed by atoms with Crippen molar-refractivity contribution in [1.29, 1.82) is 0 Å². The number of hydrogen-bond acceptors (Lipinski definition) is 4. The second kappa shape index (κ2) is 7.69. The Morgan fingerprint density at radius 3 is 2.80 bits per heavy atom. The fourth-order valence-corrected chi connectivity index (χ4v) is 2.43. The van der Waals surface area contributed by atoms with Crippen LogP contribution in [0.5, 0.6) is 0 Å². The van der Waals surface area contributed by atoms with Crippen molar-refractivity contribution in [3.8, 4) is 5.69 Å². The molecule has 0 saturated carbocycles. The first-order valence-electron chi connectivity index (χ1n) is 8.00. The van der Waals surface area contributed by atoms with E-state index in [1.54, 1.807) is 29.2 Å². The molecular formula is C17H18FN5O2. The molecule has 2 heterocycles. The lowest BCUT2D eigenvalue weighted by atomic mass is 10.1. The molecular weight excluding hydrogens is 325 g/mol. The highest BCUT2D eigenvalue weighted by Gasteiger charge is 2.13. The van der Waals surface area contributed by atoms with Crippen molar-refractivity contribution in [2.24, 2.45) is 5.10 Å². The fourth-order valence-electron chi connectivity index (χ4n) is 2.43. The van der Waals surface area contributed by atoms with Gasteiger partial charge in [0, 0.05) is 36.9 Å². The van der Waals surface area contributed by atoms with Gasteiger partial charge in [0.25, 0.3) is 0 Å². The minimum absolute atomic E-state index is 0.0888. The molecule has 0 fully saturated rings. The number of hydrogen-bond donors (Lipinski definition) is 2. The van der Waals surface area contributed by atoms with Crippen molar-refractivity contribution >= 4 is 17.5 Å². The van der Waals surface area contributed by atoms with E-state index in [4.69, 9.17) is 0 Å². The zero-order chi connectivity index (χ0) is 17.6. The van der Waals surface area contributed by atoms with E-state index in [9.17, 15) is 14.0 Å². The van der Waals surface area contributed by atoms with Crippen LogP contribution in [0.25, 0.3) is 5.69 Å². The van der Waals surface area contributed by atoms with Gasteiger partial charge in [-0.15, -0.1) is 0 Å². The Morgan fingerprint density at radius 1 is 1.28 bits per heavy atom. The summed E-state index contributed by atoms with van der Waals surface area (Å²) in [7, 11) is 0. The van der Waals surface area contributed by atoms with Gasteiger partial charge in [-0.05, 0) is 37.1 Å². The number of hydrazone groups is 1. The summed E-state index contributed by atoms with van der Waals surface area (Å²) >= 11 is 0. The summed E-state index contributed by atoms with van der Waals surface area (Å²) in [6, 6.07) is 6.01. The topological polar surface area (TPSA) is 88.4 Å². The Hall–Kier alpha value is -3.03. The number of amides is 2. The molecule has 2 amide bonds. The highest BCUT2D eigenvalue weighted by atomic mass is 19.1. The standard InChI is InChI=1S/C17H18FN5O2/c18-13-1-5-15(6-2-13)23-11-12(10-20-23)9-19-16(24)7-3-14-4-8-17(25)22-21-14/h1-2,5-6,10-11H,3-4,7-9H2,(H,19,24)(H,22,25). The summed E-state index contributed by atoms with van der Waals surface area (Å²) in [4.78, 5) is 22.9. The summed E-state index contributed by atoms with van der Waals surface area (Å²) in [5, 5.41) is 11.0. The molecule has 1 aliphatic heterocycles. The van der Waals surface area contributed by atoms with E-state index >= 15 is 0 Å². The number of benzene rings is 1. The monoisotopic (exact) mass is 343 g/mol. The van der Waals surface area contributed by atoms with Gasteiger partial charge in [-0.25, -0.2) is 14.5 Å². The smallest absolute Gasteiger partial charge is 0.240 e. The Labute approximate surface area is 143 Å². The molecule has 0 aliphatic carbocycles. The van der Waals surface area contributed by atoms with E-state index in [1.807, 2.05) is 0 Å². The second-order valence-corrected chi connectivity index (χ2v) is 5.76. The second-order valence-electron chi connectivity index (χ2n) is 5.76. The number of nitrogens with zero attached hydrogens (tertiary/aromatic N) is 3. The van der Waals surface area contributed by atoms with E-state index < -0.39 is 0 Å². The molecule has 2 N–H and O–H groups in total. The van der Waals surface area contributed by atoms with Crippen LogP contribution in [0.1, 0.15) is 31.2 Å². The van der Waals surface area contributed by atoms with Gasteiger partial charge in [-0.3, -0.25) is 9.59 Å². The van der Waals surface area contributed by atoms with Crippen LogP contribution >= 0.6 is 0 Å². The molecule has 0 spiro atoms. The first-order chi connectivity index (χ1) is 12.1. The first-order valence-corrected chi connectivity index (χ1v) is 8.00. The zero-order valence-electron chi connectivity index (χ0n) is 13.5. The summed E-state index contributed by atoms with van der Waals surface area (Å²) in [6.07, 6.45) is 5.31. The zero-order valence-corrected chi connectivity index (χ0v) is 13.5. The lowest BCUT2D eigenvalue weighted by Crippen LogP contribution is -2.27. The molecule has 0 saturated heterocycles. The number of carbonyl (C=O) groups is 2. The minimum atomic E-state index is -0.300. The molecule has 25 heavy (non-hydrogen) atoms. The maximum atomic E-state index is 12.9. The average Bonchev–Trinajstić information content (AvgIpc) is 3.09. The Kier molecular flexibility index (Phi) is 5.17. The molecule has 130 valence electrons. The predicted molar refractivity (Wildman–Crippen MR) is 89.4 cm³/mol. The van der Waals surface area contributed by atoms with E-state index in [0.29, 0.717) is 32.2 Å². The quantitative estimate of drug-likeness (QED) is 0.836. The lowest BCUT2D eigenvalue weighted by Gasteiger charge is -2.11. The molecule has 7 nitrogen and oxygen atoms in total. The largest absolute Gasteiger partial charge is 0.352 e. The SMILES string of the molecule is O=C(CCC1=NNC(=O)CC1)NCc1cnn(-c2ccc(F)cc2)c1. The summed E-state index contributed by atoms with van der Waals surface area (Å²) in [5.74, 6) is -0.481. The summed E-state index contributed by atoms with van der Waals surface area (Å²) < 4.78 is 14.6. The molecule has 3 rings (SSSR count). The maximum absolute atomic E-state index is 12.9. The lowest BCUT2D eigenvalue weighted by molar-refractivity contribution is -0.121. The van der Waals surface area contributed by atoms with E-state index in [1.165, 1.54) is 12.1 Å². The molecule has 0 bridgehead atoms. The van der Waals surface area contributed by atoms with E-state index in [-0.39, 0.29) is 17.6 Å². The number of rotatable bonds is 6. The van der Waals surface area contributed by atoms with Crippen LogP contribution in [0.15, 0.2) is 41.8 Å². The fraction of sp³-hybridized carbons (Fsp3) is 0.294. The van der Waals surface area contributed by atoms with Crippen molar-refractivity contribution in [2.45, 2.75) is 32.2 Å². The normalized spacial score (nSPS) is 14.0. The van der Waals surface area contributed by atoms with Gasteiger partial charge in [-0.1, -0.05) is 0 Å². The molecule has 1 aromatic carbocycles. The van der Waals surface area contributed by atoms with Gasteiger partial charge >= 0.3 is 0 Å². The van der Waals surface area contributed by atoms with Crippen molar-refractivity contribution in [3.05, 3.63) is 48.0 Å². The van der Waals surface area contributed by atoms with Gasteiger partial charge in [0.2, 0.25) is 11.8 Å². The van der Waals surface area contributed by atoms with Crippen molar-refractivity contribution < 1.29 is 14.0 Å². The van der Waals surface area contributed by atoms with Gasteiger partial charge in [0.1, 0.15) is 5.82 Å². The molecule has 0 unspecified atom stereocenters. The van der Waals surface area contributed by atoms with Gasteiger partial charge in [-0.2, -0.15) is 10.2 Å². The Balaban J connectivity index is 1.46. The van der Waals surface area contributed by atoms with Gasteiger partial charge in [0.05, 0.1) is 11.9 Å². The summed E-state index contributed by atoms with van der Waals surface area (Å²) in [5.41, 5.74) is 4.84. The maximum Gasteiger partial charge on any atom is 0.240 e. The molecule has 1 aromatic heterocycles. The number of carbonyl (C=O) groups excluding carboxylic acids is 2. The summed E-state index contributed by atoms with van der Waals surface area (Å²) in [6.45, 7) is 0.364. The predicted octanol–water partition coefficient (Wildman–Crippen LogP) is 1.67. The van der Waals surface area contributed by atoms with Crippen molar-refractivity contribution in [1.82, 2.24) is 20.5 Å². The number of aromatic nitrogens is 2. The third kappa shape index (κ3) is 4.72. The average molecular weight is 343 g/mol. The highest BCUT2D eigenvalue weighted by Crippen LogP contribution is 2.10. The van der Waals surface area contributed by atoms with Crippen LogP contribution in [0.4, 0.5) is 4.39 Å². The molecule has 0 atom stereocenters. The highest BCUT2D eigenvalue weighted by molar-refractivity contribution is 5.94. The molecule has 2 aromatic rings. The third-order valence-electron chi connectivity index (χ3n) is 3.84. The van der Waals surface area contributed by atoms with Crippen molar-refractivity contribution in [2.75, 3.05) is 0 Å². The van der Waals surface area contributed by atoms with Crippen LogP contribution in [0.2, 0.25) is 0 Å². The van der Waals surface area contributed by atoms with Crippen LogP contribution in [0, 0.1) is 5.82 Å². The first kappa shape index (κ1) is 16.8. The number of nitrogens with one attached hydrogen (secondary N) is 2. The van der Waals surface area contributed by atoms with Crippen LogP contribution < -0.4 is 10.7 Å². The van der Waals surface area contributed by atoms with Crippen molar-refractivity contribution in [3.63, 3.8) is 0 Å². The van der Waals surface area contributed by atoms with Crippen LogP contribution in [0.3, 0.4) is 0 Å². The van der Waals surface area contributed by atoms with Gasteiger partial charge < -0.3 is 5.32 Å².